The highest BCUT2D eigenvalue weighted by Gasteiger charge is 2.31. The second kappa shape index (κ2) is 7.11. The fourth-order valence-electron chi connectivity index (χ4n) is 2.79. The van der Waals surface area contributed by atoms with E-state index in [1.54, 1.807) is 7.11 Å². The van der Waals surface area contributed by atoms with Crippen molar-refractivity contribution in [3.63, 3.8) is 0 Å². The van der Waals surface area contributed by atoms with Gasteiger partial charge < -0.3 is 20.0 Å². The highest BCUT2D eigenvalue weighted by Crippen LogP contribution is 2.29. The maximum atomic E-state index is 12.2. The number of carboxylic acids is 1. The molecule has 0 unspecified atom stereocenters. The van der Waals surface area contributed by atoms with E-state index in [0.717, 1.165) is 24.2 Å². The van der Waals surface area contributed by atoms with Crippen LogP contribution in [0.1, 0.15) is 31.2 Å². The number of hydrogen-bond donors (Lipinski definition) is 1. The molecule has 0 heterocycles. The Morgan fingerprint density at radius 1 is 1.19 bits per heavy atom. The molecule has 1 aliphatic carbocycles. The first-order valence-corrected chi connectivity index (χ1v) is 7.23. The topological polar surface area (TPSA) is 78.5 Å². The summed E-state index contributed by atoms with van der Waals surface area (Å²) in [6, 6.07) is 7.39. The third-order valence-electron chi connectivity index (χ3n) is 4.03. The Balaban J connectivity index is 1.91. The summed E-state index contributed by atoms with van der Waals surface area (Å²) in [6.07, 6.45) is 2.89. The van der Waals surface area contributed by atoms with Crippen LogP contribution in [0.5, 0.6) is 5.75 Å². The molecule has 1 saturated carbocycles. The van der Waals surface area contributed by atoms with Gasteiger partial charge in [0.05, 0.1) is 7.11 Å². The fraction of sp³-hybridized carbons (Fsp3) is 0.500. The fourth-order valence-corrected chi connectivity index (χ4v) is 2.79. The van der Waals surface area contributed by atoms with E-state index in [0.29, 0.717) is 19.4 Å². The molecule has 5 heteroatoms. The minimum absolute atomic E-state index is 0.195. The molecule has 1 aromatic carbocycles. The van der Waals surface area contributed by atoms with Gasteiger partial charge in [-0.3, -0.25) is 4.79 Å². The van der Waals surface area contributed by atoms with Gasteiger partial charge in [-0.1, -0.05) is 25.0 Å². The summed E-state index contributed by atoms with van der Waals surface area (Å²) in [6.45, 7) is 0.388. The predicted octanol–water partition coefficient (Wildman–Crippen LogP) is 0.868. The van der Waals surface area contributed by atoms with Crippen molar-refractivity contribution in [3.8, 4) is 5.75 Å². The van der Waals surface area contributed by atoms with Crippen LogP contribution in [0.2, 0.25) is 0 Å². The Hall–Kier alpha value is -2.04. The van der Waals surface area contributed by atoms with Gasteiger partial charge in [-0.05, 0) is 30.5 Å². The molecule has 0 saturated heterocycles. The van der Waals surface area contributed by atoms with Crippen molar-refractivity contribution in [1.29, 1.82) is 0 Å². The lowest BCUT2D eigenvalue weighted by atomic mass is 9.78. The van der Waals surface area contributed by atoms with Gasteiger partial charge in [0.1, 0.15) is 5.75 Å². The first-order chi connectivity index (χ1) is 10.1. The molecule has 5 nitrogen and oxygen atoms in total. The lowest BCUT2D eigenvalue weighted by molar-refractivity contribution is -0.314. The third-order valence-corrected chi connectivity index (χ3v) is 4.03. The van der Waals surface area contributed by atoms with Crippen LogP contribution in [-0.4, -0.2) is 19.0 Å². The zero-order chi connectivity index (χ0) is 15.2. The van der Waals surface area contributed by atoms with Crippen LogP contribution < -0.4 is 15.2 Å². The standard InChI is InChI=1S/C16H21NO4/c1-21-12-8-6-11(7-9-12)10-17-15(18)13-4-2-3-5-14(13)16(19)20/h6-9,13-14H,2-5,10H2,1H3,(H,17,18)(H,19,20)/p-1/t13-,14-/m1/s1. The minimum atomic E-state index is -1.11. The summed E-state index contributed by atoms with van der Waals surface area (Å²) in [7, 11) is 1.60. The molecule has 1 aliphatic rings. The molecule has 0 aliphatic heterocycles. The average molecular weight is 290 g/mol. The Bertz CT molecular complexity index is 498. The summed E-state index contributed by atoms with van der Waals surface area (Å²) < 4.78 is 5.07. The molecule has 0 aromatic heterocycles. The molecule has 1 fully saturated rings. The molecule has 114 valence electrons. The zero-order valence-corrected chi connectivity index (χ0v) is 12.1. The predicted molar refractivity (Wildman–Crippen MR) is 75.3 cm³/mol. The Kier molecular flexibility index (Phi) is 5.20. The zero-order valence-electron chi connectivity index (χ0n) is 12.1. The third kappa shape index (κ3) is 3.97. The molecule has 0 spiro atoms. The van der Waals surface area contributed by atoms with E-state index in [4.69, 9.17) is 4.74 Å². The highest BCUT2D eigenvalue weighted by atomic mass is 16.5. The molecule has 1 amide bonds. The van der Waals surface area contributed by atoms with Crippen LogP contribution in [0.4, 0.5) is 0 Å². The summed E-state index contributed by atoms with van der Waals surface area (Å²) in [5, 5.41) is 13.9. The number of aliphatic carboxylic acids is 1. The van der Waals surface area contributed by atoms with Gasteiger partial charge in [-0.25, -0.2) is 0 Å². The maximum absolute atomic E-state index is 12.2. The smallest absolute Gasteiger partial charge is 0.224 e. The molecule has 1 aromatic rings. The van der Waals surface area contributed by atoms with Crippen molar-refractivity contribution < 1.29 is 19.4 Å². The number of hydrogen-bond acceptors (Lipinski definition) is 4. The monoisotopic (exact) mass is 290 g/mol. The van der Waals surface area contributed by atoms with E-state index in [1.165, 1.54) is 0 Å². The number of carbonyl (C=O) groups excluding carboxylic acids is 2. The Morgan fingerprint density at radius 2 is 1.81 bits per heavy atom. The Labute approximate surface area is 124 Å². The van der Waals surface area contributed by atoms with Gasteiger partial charge in [0.25, 0.3) is 0 Å². The first-order valence-electron chi connectivity index (χ1n) is 7.23. The first kappa shape index (κ1) is 15.4. The molecule has 2 atom stereocenters. The van der Waals surface area contributed by atoms with Crippen LogP contribution in [0, 0.1) is 11.8 Å². The molecular formula is C16H20NO4-. The second-order valence-electron chi connectivity index (χ2n) is 5.38. The molecule has 0 radical (unpaired) electrons. The van der Waals surface area contributed by atoms with Crippen LogP contribution in [-0.2, 0) is 16.1 Å². The van der Waals surface area contributed by atoms with Crippen molar-refractivity contribution in [2.45, 2.75) is 32.2 Å². The van der Waals surface area contributed by atoms with Crippen molar-refractivity contribution >= 4 is 11.9 Å². The van der Waals surface area contributed by atoms with E-state index in [2.05, 4.69) is 5.32 Å². The van der Waals surface area contributed by atoms with Gasteiger partial charge in [0.15, 0.2) is 0 Å². The van der Waals surface area contributed by atoms with E-state index in [1.807, 2.05) is 24.3 Å². The molecule has 21 heavy (non-hydrogen) atoms. The van der Waals surface area contributed by atoms with E-state index in [-0.39, 0.29) is 5.91 Å². The molecule has 2 rings (SSSR count). The number of methoxy groups -OCH3 is 1. The number of benzene rings is 1. The van der Waals surface area contributed by atoms with Crippen molar-refractivity contribution in [2.75, 3.05) is 7.11 Å². The van der Waals surface area contributed by atoms with Gasteiger partial charge in [-0.2, -0.15) is 0 Å². The van der Waals surface area contributed by atoms with Gasteiger partial charge in [-0.15, -0.1) is 0 Å². The normalized spacial score (nSPS) is 21.6. The van der Waals surface area contributed by atoms with Crippen LogP contribution >= 0.6 is 0 Å². The summed E-state index contributed by atoms with van der Waals surface area (Å²) in [4.78, 5) is 23.3. The number of carbonyl (C=O) groups is 2. The van der Waals surface area contributed by atoms with Crippen molar-refractivity contribution in [1.82, 2.24) is 5.32 Å². The lowest BCUT2D eigenvalue weighted by Gasteiger charge is -2.31. The second-order valence-corrected chi connectivity index (χ2v) is 5.38. The number of amides is 1. The van der Waals surface area contributed by atoms with E-state index >= 15 is 0 Å². The van der Waals surface area contributed by atoms with E-state index < -0.39 is 17.8 Å². The highest BCUT2D eigenvalue weighted by molar-refractivity contribution is 5.84. The van der Waals surface area contributed by atoms with Crippen molar-refractivity contribution in [3.05, 3.63) is 29.8 Å². The van der Waals surface area contributed by atoms with Crippen LogP contribution in [0.25, 0.3) is 0 Å². The number of carboxylic acid groups (broad SMARTS) is 1. The lowest BCUT2D eigenvalue weighted by Crippen LogP contribution is -2.44. The van der Waals surface area contributed by atoms with E-state index in [9.17, 15) is 14.7 Å². The Morgan fingerprint density at radius 3 is 2.38 bits per heavy atom. The number of nitrogens with one attached hydrogen (secondary N) is 1. The maximum Gasteiger partial charge on any atom is 0.224 e. The average Bonchev–Trinajstić information content (AvgIpc) is 2.53. The van der Waals surface area contributed by atoms with Gasteiger partial charge in [0, 0.05) is 24.3 Å². The van der Waals surface area contributed by atoms with Crippen LogP contribution in [0.15, 0.2) is 24.3 Å². The van der Waals surface area contributed by atoms with Crippen molar-refractivity contribution in [2.24, 2.45) is 11.8 Å². The number of rotatable bonds is 5. The number of ether oxygens (including phenoxy) is 1. The quantitative estimate of drug-likeness (QED) is 0.872. The summed E-state index contributed by atoms with van der Waals surface area (Å²) >= 11 is 0. The minimum Gasteiger partial charge on any atom is -0.550 e. The summed E-state index contributed by atoms with van der Waals surface area (Å²) in [5.74, 6) is -1.68. The SMILES string of the molecule is COc1ccc(CNC(=O)[C@@H]2CCCC[C@H]2C(=O)[O-])cc1. The molecule has 0 bridgehead atoms. The largest absolute Gasteiger partial charge is 0.550 e. The van der Waals surface area contributed by atoms with Gasteiger partial charge >= 0.3 is 0 Å². The molecular weight excluding hydrogens is 270 g/mol. The van der Waals surface area contributed by atoms with Gasteiger partial charge in [0.2, 0.25) is 5.91 Å². The molecule has 1 N–H and O–H groups in total. The van der Waals surface area contributed by atoms with Crippen LogP contribution in [0.3, 0.4) is 0 Å². The summed E-state index contributed by atoms with van der Waals surface area (Å²) in [5.41, 5.74) is 0.949.